The van der Waals surface area contributed by atoms with E-state index in [0.717, 1.165) is 5.56 Å². The number of amides is 1. The van der Waals surface area contributed by atoms with Crippen LogP contribution in [0.5, 0.6) is 5.75 Å². The SMILES string of the molecule is CC[C@H](C)N(C(=O)COC(=O)c1cc(C(C)C)cc(C(C)C)c1O)[C@@H]1CCS(=O)(=O)C1. The van der Waals surface area contributed by atoms with Crippen molar-refractivity contribution in [2.75, 3.05) is 18.1 Å². The van der Waals surface area contributed by atoms with Crippen molar-refractivity contribution in [1.82, 2.24) is 4.90 Å². The summed E-state index contributed by atoms with van der Waals surface area (Å²) in [5.74, 6) is -1.16. The minimum atomic E-state index is -3.16. The number of phenols is 1. The number of esters is 1. The fourth-order valence-electron chi connectivity index (χ4n) is 3.89. The van der Waals surface area contributed by atoms with Crippen LogP contribution >= 0.6 is 0 Å². The predicted octanol–water partition coefficient (Wildman–Crippen LogP) is 3.61. The number of nitrogens with zero attached hydrogens (tertiary/aromatic N) is 1. The quantitative estimate of drug-likeness (QED) is 0.604. The normalized spacial score (nSPS) is 18.9. The Labute approximate surface area is 185 Å². The van der Waals surface area contributed by atoms with Gasteiger partial charge in [-0.3, -0.25) is 4.79 Å². The number of rotatable bonds is 8. The molecule has 1 saturated heterocycles. The van der Waals surface area contributed by atoms with Gasteiger partial charge in [-0.2, -0.15) is 0 Å². The van der Waals surface area contributed by atoms with E-state index in [2.05, 4.69) is 0 Å². The van der Waals surface area contributed by atoms with Crippen LogP contribution in [0.25, 0.3) is 0 Å². The third-order valence-electron chi connectivity index (χ3n) is 5.95. The molecule has 0 aliphatic carbocycles. The van der Waals surface area contributed by atoms with Crippen LogP contribution in [0.3, 0.4) is 0 Å². The second-order valence-electron chi connectivity index (χ2n) is 9.01. The van der Waals surface area contributed by atoms with E-state index in [0.29, 0.717) is 18.4 Å². The summed E-state index contributed by atoms with van der Waals surface area (Å²) < 4.78 is 29.1. The van der Waals surface area contributed by atoms with E-state index in [-0.39, 0.29) is 40.7 Å². The Balaban J connectivity index is 2.21. The number of benzene rings is 1. The van der Waals surface area contributed by atoms with Crippen molar-refractivity contribution in [1.29, 1.82) is 0 Å². The summed E-state index contributed by atoms with van der Waals surface area (Å²) >= 11 is 0. The van der Waals surface area contributed by atoms with Crippen LogP contribution in [0.15, 0.2) is 12.1 Å². The fourth-order valence-corrected chi connectivity index (χ4v) is 5.60. The third kappa shape index (κ3) is 5.99. The highest BCUT2D eigenvalue weighted by molar-refractivity contribution is 7.91. The van der Waals surface area contributed by atoms with Crippen molar-refractivity contribution in [3.8, 4) is 5.75 Å². The number of phenolic OH excluding ortho intramolecular Hbond substituents is 1. The number of aromatic hydroxyl groups is 1. The second kappa shape index (κ2) is 10.0. The molecule has 1 aliphatic heterocycles. The summed E-state index contributed by atoms with van der Waals surface area (Å²) in [7, 11) is -3.16. The summed E-state index contributed by atoms with van der Waals surface area (Å²) in [6.45, 7) is 11.1. The van der Waals surface area contributed by atoms with Gasteiger partial charge in [0.05, 0.1) is 11.5 Å². The minimum absolute atomic E-state index is 0.0112. The standard InChI is InChI=1S/C23H35NO6S/c1-7-16(6)24(18-8-9-31(28,29)13-18)21(25)12-30-23(27)20-11-17(14(2)3)10-19(15(4)5)22(20)26/h10-11,14-16,18,26H,7-9,12-13H2,1-6H3/t16-,18+/m0/s1. The molecule has 2 rings (SSSR count). The summed E-state index contributed by atoms with van der Waals surface area (Å²) in [5.41, 5.74) is 1.60. The molecule has 1 heterocycles. The maximum absolute atomic E-state index is 12.9. The monoisotopic (exact) mass is 453 g/mol. The number of ether oxygens (including phenoxy) is 1. The summed E-state index contributed by atoms with van der Waals surface area (Å²) in [6.07, 6.45) is 1.05. The predicted molar refractivity (Wildman–Crippen MR) is 120 cm³/mol. The van der Waals surface area contributed by atoms with Gasteiger partial charge in [-0.25, -0.2) is 13.2 Å². The highest BCUT2D eigenvalue weighted by Crippen LogP contribution is 2.33. The number of hydrogen-bond acceptors (Lipinski definition) is 6. The third-order valence-corrected chi connectivity index (χ3v) is 7.70. The van der Waals surface area contributed by atoms with Gasteiger partial charge < -0.3 is 14.7 Å². The zero-order valence-corrected chi connectivity index (χ0v) is 20.2. The van der Waals surface area contributed by atoms with E-state index < -0.39 is 34.4 Å². The lowest BCUT2D eigenvalue weighted by atomic mass is 9.92. The van der Waals surface area contributed by atoms with Crippen LogP contribution in [-0.4, -0.2) is 60.5 Å². The largest absolute Gasteiger partial charge is 0.507 e. The molecule has 1 aromatic rings. The zero-order chi connectivity index (χ0) is 23.5. The summed E-state index contributed by atoms with van der Waals surface area (Å²) in [5, 5.41) is 10.6. The average molecular weight is 454 g/mol. The van der Waals surface area contributed by atoms with Gasteiger partial charge in [0.2, 0.25) is 0 Å². The molecule has 0 unspecified atom stereocenters. The lowest BCUT2D eigenvalue weighted by Gasteiger charge is -2.33. The number of hydrogen-bond donors (Lipinski definition) is 1. The van der Waals surface area contributed by atoms with E-state index in [4.69, 9.17) is 4.74 Å². The van der Waals surface area contributed by atoms with Gasteiger partial charge in [-0.1, -0.05) is 40.7 Å². The molecule has 8 heteroatoms. The molecular weight excluding hydrogens is 418 g/mol. The van der Waals surface area contributed by atoms with Crippen LogP contribution in [0.4, 0.5) is 0 Å². The van der Waals surface area contributed by atoms with Crippen LogP contribution in [0.2, 0.25) is 0 Å². The first-order valence-electron chi connectivity index (χ1n) is 10.9. The highest BCUT2D eigenvalue weighted by Gasteiger charge is 2.37. The van der Waals surface area contributed by atoms with Gasteiger partial charge >= 0.3 is 5.97 Å². The zero-order valence-electron chi connectivity index (χ0n) is 19.3. The van der Waals surface area contributed by atoms with Gasteiger partial charge in [-0.05, 0) is 48.8 Å². The first-order valence-corrected chi connectivity index (χ1v) is 12.8. The Morgan fingerprint density at radius 1 is 1.16 bits per heavy atom. The van der Waals surface area contributed by atoms with Crippen molar-refractivity contribution in [3.05, 3.63) is 28.8 Å². The fraction of sp³-hybridized carbons (Fsp3) is 0.652. The lowest BCUT2D eigenvalue weighted by molar-refractivity contribution is -0.138. The molecule has 0 bridgehead atoms. The average Bonchev–Trinajstić information content (AvgIpc) is 3.04. The molecular formula is C23H35NO6S. The number of sulfone groups is 1. The van der Waals surface area contributed by atoms with Gasteiger partial charge in [-0.15, -0.1) is 0 Å². The van der Waals surface area contributed by atoms with Gasteiger partial charge in [0.15, 0.2) is 16.4 Å². The first kappa shape index (κ1) is 25.2. The Morgan fingerprint density at radius 3 is 2.29 bits per heavy atom. The van der Waals surface area contributed by atoms with E-state index >= 15 is 0 Å². The molecule has 2 atom stereocenters. The van der Waals surface area contributed by atoms with Crippen LogP contribution in [0.1, 0.15) is 87.7 Å². The van der Waals surface area contributed by atoms with Crippen LogP contribution < -0.4 is 0 Å². The topological polar surface area (TPSA) is 101 Å². The summed E-state index contributed by atoms with van der Waals surface area (Å²) in [4.78, 5) is 27.2. The molecule has 7 nitrogen and oxygen atoms in total. The molecule has 1 amide bonds. The molecule has 31 heavy (non-hydrogen) atoms. The van der Waals surface area contributed by atoms with Gasteiger partial charge in [0.25, 0.3) is 5.91 Å². The Kier molecular flexibility index (Phi) is 8.14. The molecule has 0 radical (unpaired) electrons. The number of carbonyl (C=O) groups excluding carboxylic acids is 2. The highest BCUT2D eigenvalue weighted by atomic mass is 32.2. The Morgan fingerprint density at radius 2 is 1.81 bits per heavy atom. The van der Waals surface area contributed by atoms with E-state index in [1.807, 2.05) is 47.6 Å². The van der Waals surface area contributed by atoms with Gasteiger partial charge in [0, 0.05) is 12.1 Å². The molecule has 1 fully saturated rings. The molecule has 0 spiro atoms. The lowest BCUT2D eigenvalue weighted by Crippen LogP contribution is -2.48. The molecule has 0 aromatic heterocycles. The van der Waals surface area contributed by atoms with Crippen molar-refractivity contribution < 1.29 is 27.9 Å². The van der Waals surface area contributed by atoms with Crippen LogP contribution in [-0.2, 0) is 19.4 Å². The molecule has 1 aromatic carbocycles. The van der Waals surface area contributed by atoms with E-state index in [1.165, 1.54) is 0 Å². The summed E-state index contributed by atoms with van der Waals surface area (Å²) in [6, 6.07) is 2.91. The molecule has 1 aliphatic rings. The second-order valence-corrected chi connectivity index (χ2v) is 11.2. The van der Waals surface area contributed by atoms with Crippen molar-refractivity contribution in [3.63, 3.8) is 0 Å². The van der Waals surface area contributed by atoms with Gasteiger partial charge in [0.1, 0.15) is 11.3 Å². The van der Waals surface area contributed by atoms with E-state index in [1.54, 1.807) is 11.0 Å². The maximum Gasteiger partial charge on any atom is 0.342 e. The Bertz CT molecular complexity index is 922. The maximum atomic E-state index is 12.9. The van der Waals surface area contributed by atoms with Crippen molar-refractivity contribution >= 4 is 21.7 Å². The smallest absolute Gasteiger partial charge is 0.342 e. The molecule has 174 valence electrons. The minimum Gasteiger partial charge on any atom is -0.507 e. The van der Waals surface area contributed by atoms with Crippen molar-refractivity contribution in [2.45, 2.75) is 78.3 Å². The van der Waals surface area contributed by atoms with Crippen molar-refractivity contribution in [2.24, 2.45) is 0 Å². The molecule has 1 N–H and O–H groups in total. The van der Waals surface area contributed by atoms with Crippen LogP contribution in [0, 0.1) is 0 Å². The first-order chi connectivity index (χ1) is 14.4. The number of carbonyl (C=O) groups is 2. The van der Waals surface area contributed by atoms with E-state index in [9.17, 15) is 23.1 Å². The molecule has 0 saturated carbocycles. The Hall–Kier alpha value is -2.09.